The van der Waals surface area contributed by atoms with Gasteiger partial charge in [0.25, 0.3) is 0 Å². The van der Waals surface area contributed by atoms with E-state index in [0.717, 1.165) is 6.42 Å². The molecule has 0 spiro atoms. The Bertz CT molecular complexity index is 113. The molecule has 0 radical (unpaired) electrons. The minimum Gasteiger partial charge on any atom is -1.00 e. The van der Waals surface area contributed by atoms with Crippen molar-refractivity contribution in [2.45, 2.75) is 26.3 Å². The number of hydrogen-bond donors (Lipinski definition) is 2. The molecule has 0 aromatic rings. The van der Waals surface area contributed by atoms with Crippen molar-refractivity contribution in [3.8, 4) is 0 Å². The van der Waals surface area contributed by atoms with Crippen molar-refractivity contribution in [2.24, 2.45) is 11.7 Å². The summed E-state index contributed by atoms with van der Waals surface area (Å²) >= 11 is 0. The zero-order chi connectivity index (χ0) is 7.44. The maximum atomic E-state index is 10.2. The first-order valence-electron chi connectivity index (χ1n) is 3.08. The summed E-state index contributed by atoms with van der Waals surface area (Å²) in [4.78, 5) is 10.2. The molecule has 0 amide bonds. The number of rotatable bonds is 3. The molecule has 4 heteroatoms. The largest absolute Gasteiger partial charge is 1.00 e. The average Bonchev–Trinajstić information content (AvgIpc) is 1.84. The second-order valence-electron chi connectivity index (χ2n) is 2.25. The number of hydrogen-bond acceptors (Lipinski definition) is 2. The SMILES string of the molecule is CCC(C)[C@H](N)C(=O)O.[H-].[Li+]. The van der Waals surface area contributed by atoms with Crippen molar-refractivity contribution in [3.63, 3.8) is 0 Å². The fraction of sp³-hybridized carbons (Fsp3) is 0.833. The summed E-state index contributed by atoms with van der Waals surface area (Å²) in [7, 11) is 0. The Morgan fingerprint density at radius 3 is 2.30 bits per heavy atom. The van der Waals surface area contributed by atoms with Crippen LogP contribution in [0, 0.1) is 5.92 Å². The van der Waals surface area contributed by atoms with Gasteiger partial charge in [-0.2, -0.15) is 0 Å². The van der Waals surface area contributed by atoms with Crippen molar-refractivity contribution in [2.75, 3.05) is 0 Å². The van der Waals surface area contributed by atoms with Gasteiger partial charge in [0.1, 0.15) is 6.04 Å². The zero-order valence-electron chi connectivity index (χ0n) is 7.79. The molecule has 10 heavy (non-hydrogen) atoms. The average molecular weight is 139 g/mol. The molecule has 56 valence electrons. The summed E-state index contributed by atoms with van der Waals surface area (Å²) < 4.78 is 0. The molecular weight excluding hydrogens is 125 g/mol. The van der Waals surface area contributed by atoms with E-state index in [2.05, 4.69) is 0 Å². The van der Waals surface area contributed by atoms with Gasteiger partial charge in [0, 0.05) is 0 Å². The van der Waals surface area contributed by atoms with Gasteiger partial charge in [0.2, 0.25) is 0 Å². The van der Waals surface area contributed by atoms with Crippen LogP contribution in [0.5, 0.6) is 0 Å². The van der Waals surface area contributed by atoms with Crippen LogP contribution in [0.4, 0.5) is 0 Å². The minimum atomic E-state index is -0.913. The number of carbonyl (C=O) groups is 1. The minimum absolute atomic E-state index is 0. The molecule has 0 heterocycles. The first-order valence-corrected chi connectivity index (χ1v) is 3.08. The molecule has 0 rings (SSSR count). The molecule has 3 N–H and O–H groups in total. The van der Waals surface area contributed by atoms with Gasteiger partial charge in [-0.15, -0.1) is 0 Å². The van der Waals surface area contributed by atoms with Gasteiger partial charge >= 0.3 is 24.8 Å². The maximum Gasteiger partial charge on any atom is 1.00 e. The summed E-state index contributed by atoms with van der Waals surface area (Å²) in [6.07, 6.45) is 0.813. The van der Waals surface area contributed by atoms with Crippen LogP contribution in [-0.2, 0) is 4.79 Å². The van der Waals surface area contributed by atoms with Crippen LogP contribution in [0.1, 0.15) is 21.7 Å². The molecule has 0 aliphatic rings. The molecular formula is C6H14LiNO2. The summed E-state index contributed by atoms with van der Waals surface area (Å²) in [5.41, 5.74) is 5.27. The third-order valence-corrected chi connectivity index (χ3v) is 1.54. The second-order valence-corrected chi connectivity index (χ2v) is 2.25. The van der Waals surface area contributed by atoms with Crippen molar-refractivity contribution < 1.29 is 30.2 Å². The van der Waals surface area contributed by atoms with Gasteiger partial charge < -0.3 is 12.3 Å². The van der Waals surface area contributed by atoms with Crippen LogP contribution in [0.25, 0.3) is 0 Å². The van der Waals surface area contributed by atoms with Gasteiger partial charge in [-0.05, 0) is 5.92 Å². The fourth-order valence-electron chi connectivity index (χ4n) is 0.497. The topological polar surface area (TPSA) is 63.3 Å². The third kappa shape index (κ3) is 3.94. The van der Waals surface area contributed by atoms with Crippen molar-refractivity contribution in [1.29, 1.82) is 0 Å². The monoisotopic (exact) mass is 139 g/mol. The molecule has 3 nitrogen and oxygen atoms in total. The predicted molar refractivity (Wildman–Crippen MR) is 36.2 cm³/mol. The van der Waals surface area contributed by atoms with E-state index in [1.807, 2.05) is 13.8 Å². The van der Waals surface area contributed by atoms with Gasteiger partial charge in [-0.25, -0.2) is 0 Å². The summed E-state index contributed by atoms with van der Waals surface area (Å²) in [6.45, 7) is 3.76. The smallest absolute Gasteiger partial charge is 1.00 e. The van der Waals surface area contributed by atoms with Crippen molar-refractivity contribution in [3.05, 3.63) is 0 Å². The van der Waals surface area contributed by atoms with E-state index >= 15 is 0 Å². The van der Waals surface area contributed by atoms with Gasteiger partial charge in [-0.1, -0.05) is 20.3 Å². The molecule has 0 bridgehead atoms. The van der Waals surface area contributed by atoms with E-state index in [9.17, 15) is 4.79 Å². The molecule has 0 fully saturated rings. The van der Waals surface area contributed by atoms with Crippen molar-refractivity contribution in [1.82, 2.24) is 0 Å². The van der Waals surface area contributed by atoms with E-state index in [1.165, 1.54) is 0 Å². The number of nitrogens with two attached hydrogens (primary N) is 1. The molecule has 0 saturated carbocycles. The van der Waals surface area contributed by atoms with E-state index in [1.54, 1.807) is 0 Å². The Balaban J connectivity index is -0.000000320. The summed E-state index contributed by atoms with van der Waals surface area (Å²) in [6, 6.07) is -0.699. The first-order chi connectivity index (χ1) is 4.09. The van der Waals surface area contributed by atoms with Crippen LogP contribution in [0.3, 0.4) is 0 Å². The molecule has 0 aliphatic heterocycles. The Morgan fingerprint density at radius 1 is 1.80 bits per heavy atom. The molecule has 0 aliphatic carbocycles. The van der Waals surface area contributed by atoms with E-state index in [-0.39, 0.29) is 26.2 Å². The van der Waals surface area contributed by atoms with Gasteiger partial charge in [0.15, 0.2) is 0 Å². The molecule has 0 aromatic carbocycles. The first kappa shape index (κ1) is 12.7. The second kappa shape index (κ2) is 5.79. The quantitative estimate of drug-likeness (QED) is 0.427. The number of carboxylic acids is 1. The maximum absolute atomic E-state index is 10.2. The summed E-state index contributed by atoms with van der Waals surface area (Å²) in [5.74, 6) is -0.841. The van der Waals surface area contributed by atoms with Crippen LogP contribution in [0.15, 0.2) is 0 Å². The van der Waals surface area contributed by atoms with E-state index in [0.29, 0.717) is 0 Å². The Hall–Kier alpha value is 0.0274. The Kier molecular flexibility index (Phi) is 7.34. The standard InChI is InChI=1S/C6H13NO2.Li.H/c1-3-4(2)5(7)6(8)9;;/h4-5H,3,7H2,1-2H3,(H,8,9);;/q;+1;-1/t4?,5-;;/m0../s1. The zero-order valence-corrected chi connectivity index (χ0v) is 6.79. The molecule has 0 saturated heterocycles. The molecule has 1 unspecified atom stereocenters. The van der Waals surface area contributed by atoms with Crippen LogP contribution >= 0.6 is 0 Å². The summed E-state index contributed by atoms with van der Waals surface area (Å²) in [5, 5.41) is 8.36. The van der Waals surface area contributed by atoms with E-state index in [4.69, 9.17) is 10.8 Å². The predicted octanol–water partition coefficient (Wildman–Crippen LogP) is -2.44. The van der Waals surface area contributed by atoms with Gasteiger partial charge in [-0.3, -0.25) is 4.79 Å². The van der Waals surface area contributed by atoms with Gasteiger partial charge in [0.05, 0.1) is 0 Å². The molecule has 0 aromatic heterocycles. The van der Waals surface area contributed by atoms with Crippen LogP contribution in [0.2, 0.25) is 0 Å². The Labute approximate surface area is 74.6 Å². The number of carboxylic acid groups (broad SMARTS) is 1. The number of aliphatic carboxylic acids is 1. The van der Waals surface area contributed by atoms with Crippen LogP contribution in [-0.4, -0.2) is 17.1 Å². The molecule has 2 atom stereocenters. The fourth-order valence-corrected chi connectivity index (χ4v) is 0.497. The van der Waals surface area contributed by atoms with E-state index < -0.39 is 12.0 Å². The van der Waals surface area contributed by atoms with Crippen LogP contribution < -0.4 is 24.6 Å². The third-order valence-electron chi connectivity index (χ3n) is 1.54. The Morgan fingerprint density at radius 2 is 2.20 bits per heavy atom. The normalized spacial score (nSPS) is 15.1. The van der Waals surface area contributed by atoms with Crippen molar-refractivity contribution >= 4 is 5.97 Å².